The van der Waals surface area contributed by atoms with Crippen molar-refractivity contribution in [2.45, 2.75) is 24.4 Å². The number of methoxy groups -OCH3 is 1. The van der Waals surface area contributed by atoms with Gasteiger partial charge in [-0.25, -0.2) is 8.42 Å². The Balaban J connectivity index is 2.06. The van der Waals surface area contributed by atoms with E-state index in [0.29, 0.717) is 11.3 Å². The molecular formula is C26H28N4O7S. The number of nitro groups is 1. The van der Waals surface area contributed by atoms with Crippen LogP contribution >= 0.6 is 0 Å². The number of hydrogen-bond acceptors (Lipinski definition) is 7. The van der Waals surface area contributed by atoms with Crippen LogP contribution < -0.4 is 14.4 Å². The lowest BCUT2D eigenvalue weighted by Gasteiger charge is -2.31. The van der Waals surface area contributed by atoms with E-state index in [1.807, 2.05) is 0 Å². The molecule has 0 unspecified atom stereocenters. The lowest BCUT2D eigenvalue weighted by molar-refractivity contribution is -0.384. The molecule has 0 spiro atoms. The molecule has 3 aromatic rings. The number of nitrogens with one attached hydrogen (secondary N) is 1. The first kappa shape index (κ1) is 28.1. The Morgan fingerprint density at radius 3 is 2.34 bits per heavy atom. The van der Waals surface area contributed by atoms with Gasteiger partial charge in [0.1, 0.15) is 18.3 Å². The van der Waals surface area contributed by atoms with Gasteiger partial charge in [-0.15, -0.1) is 0 Å². The number of non-ortho nitro benzene ring substituents is 1. The summed E-state index contributed by atoms with van der Waals surface area (Å²) in [6, 6.07) is 18.4. The van der Waals surface area contributed by atoms with E-state index in [1.165, 1.54) is 68.4 Å². The molecule has 1 atom stereocenters. The molecule has 2 amide bonds. The summed E-state index contributed by atoms with van der Waals surface area (Å²) in [6.07, 6.45) is 0. The van der Waals surface area contributed by atoms with Crippen LogP contribution in [-0.2, 0) is 26.2 Å². The van der Waals surface area contributed by atoms with Crippen LogP contribution in [0.2, 0.25) is 0 Å². The number of carbonyl (C=O) groups is 2. The van der Waals surface area contributed by atoms with E-state index in [1.54, 1.807) is 30.3 Å². The fraction of sp³-hybridized carbons (Fsp3) is 0.231. The quantitative estimate of drug-likeness (QED) is 0.291. The van der Waals surface area contributed by atoms with Gasteiger partial charge in [0.2, 0.25) is 11.8 Å². The zero-order valence-corrected chi connectivity index (χ0v) is 21.9. The first-order chi connectivity index (χ1) is 18.1. The normalized spacial score (nSPS) is 11.8. The minimum Gasteiger partial charge on any atom is -0.497 e. The SMILES string of the molecule is CNC(=O)[C@H](C)N(Cc1cccc(OC)c1)C(=O)CN(c1cccc([N+](=O)[O-])c1)S(=O)(=O)c1ccccc1. The van der Waals surface area contributed by atoms with Crippen molar-refractivity contribution in [3.8, 4) is 5.75 Å². The highest BCUT2D eigenvalue weighted by Crippen LogP contribution is 2.27. The number of rotatable bonds is 11. The lowest BCUT2D eigenvalue weighted by atomic mass is 10.1. The highest BCUT2D eigenvalue weighted by Gasteiger charge is 2.32. The predicted molar refractivity (Wildman–Crippen MR) is 141 cm³/mol. The number of sulfonamides is 1. The van der Waals surface area contributed by atoms with E-state index in [4.69, 9.17) is 4.74 Å². The number of nitrogens with zero attached hydrogens (tertiary/aromatic N) is 3. The van der Waals surface area contributed by atoms with Gasteiger partial charge in [0.15, 0.2) is 0 Å². The molecule has 0 radical (unpaired) electrons. The molecular weight excluding hydrogens is 512 g/mol. The summed E-state index contributed by atoms with van der Waals surface area (Å²) in [7, 11) is -1.38. The molecule has 0 aliphatic carbocycles. The maximum atomic E-state index is 13.7. The smallest absolute Gasteiger partial charge is 0.271 e. The Morgan fingerprint density at radius 1 is 1.03 bits per heavy atom. The fourth-order valence-electron chi connectivity index (χ4n) is 3.77. The van der Waals surface area contributed by atoms with E-state index in [9.17, 15) is 28.1 Å². The second kappa shape index (κ2) is 12.2. The third-order valence-electron chi connectivity index (χ3n) is 5.84. The Morgan fingerprint density at radius 2 is 1.71 bits per heavy atom. The topological polar surface area (TPSA) is 139 Å². The van der Waals surface area contributed by atoms with E-state index >= 15 is 0 Å². The Bertz CT molecular complexity index is 1410. The summed E-state index contributed by atoms with van der Waals surface area (Å²) in [5.74, 6) is -0.587. The number of ether oxygens (including phenoxy) is 1. The van der Waals surface area contributed by atoms with Crippen LogP contribution in [0.25, 0.3) is 0 Å². The van der Waals surface area contributed by atoms with Crippen molar-refractivity contribution in [2.75, 3.05) is 25.0 Å². The molecule has 3 aromatic carbocycles. The average Bonchev–Trinajstić information content (AvgIpc) is 2.94. The molecule has 38 heavy (non-hydrogen) atoms. The molecule has 200 valence electrons. The minimum atomic E-state index is -4.32. The summed E-state index contributed by atoms with van der Waals surface area (Å²) in [4.78, 5) is 38.1. The number of anilines is 1. The molecule has 0 bridgehead atoms. The number of amides is 2. The van der Waals surface area contributed by atoms with Crippen molar-refractivity contribution < 1.29 is 27.7 Å². The van der Waals surface area contributed by atoms with E-state index in [-0.39, 0.29) is 22.8 Å². The third kappa shape index (κ3) is 6.45. The summed E-state index contributed by atoms with van der Waals surface area (Å²) >= 11 is 0. The second-order valence-corrected chi connectivity index (χ2v) is 10.1. The number of hydrogen-bond donors (Lipinski definition) is 1. The van der Waals surface area contributed by atoms with E-state index < -0.39 is 39.3 Å². The fourth-order valence-corrected chi connectivity index (χ4v) is 5.20. The van der Waals surface area contributed by atoms with Crippen molar-refractivity contribution in [1.29, 1.82) is 0 Å². The summed E-state index contributed by atoms with van der Waals surface area (Å²) in [5, 5.41) is 13.9. The maximum absolute atomic E-state index is 13.7. The monoisotopic (exact) mass is 540 g/mol. The third-order valence-corrected chi connectivity index (χ3v) is 7.63. The van der Waals surface area contributed by atoms with E-state index in [2.05, 4.69) is 5.32 Å². The second-order valence-electron chi connectivity index (χ2n) is 8.27. The van der Waals surface area contributed by atoms with Crippen molar-refractivity contribution in [3.05, 3.63) is 94.5 Å². The Kier molecular flexibility index (Phi) is 9.02. The maximum Gasteiger partial charge on any atom is 0.271 e. The average molecular weight is 541 g/mol. The number of likely N-dealkylation sites (N-methyl/N-ethyl adjacent to an activating group) is 1. The van der Waals surface area contributed by atoms with Crippen LogP contribution in [0.4, 0.5) is 11.4 Å². The van der Waals surface area contributed by atoms with Crippen LogP contribution in [0.5, 0.6) is 5.75 Å². The van der Waals surface area contributed by atoms with Crippen molar-refractivity contribution in [3.63, 3.8) is 0 Å². The van der Waals surface area contributed by atoms with Crippen molar-refractivity contribution in [2.24, 2.45) is 0 Å². The molecule has 0 heterocycles. The van der Waals surface area contributed by atoms with Crippen LogP contribution in [0.1, 0.15) is 12.5 Å². The molecule has 12 heteroatoms. The van der Waals surface area contributed by atoms with Gasteiger partial charge in [0.25, 0.3) is 15.7 Å². The van der Waals surface area contributed by atoms with Gasteiger partial charge in [-0.3, -0.25) is 24.0 Å². The summed E-state index contributed by atoms with van der Waals surface area (Å²) in [6.45, 7) is 0.808. The summed E-state index contributed by atoms with van der Waals surface area (Å²) in [5.41, 5.74) is 0.252. The van der Waals surface area contributed by atoms with Crippen LogP contribution in [-0.4, -0.2) is 56.8 Å². The van der Waals surface area contributed by atoms with Crippen LogP contribution in [0.3, 0.4) is 0 Å². The Hall–Kier alpha value is -4.45. The minimum absolute atomic E-state index is 0.0151. The standard InChI is InChI=1S/C26H28N4O7S/c1-19(26(32)27-2)28(17-20-9-7-12-23(15-20)37-3)25(31)18-29(21-10-8-11-22(16-21)30(33)34)38(35,36)24-13-5-4-6-14-24/h4-16,19H,17-18H2,1-3H3,(H,27,32)/t19-/m0/s1. The molecule has 0 aliphatic heterocycles. The predicted octanol–water partition coefficient (Wildman–Crippen LogP) is 2.96. The van der Waals surface area contributed by atoms with Crippen molar-refractivity contribution >= 4 is 33.2 Å². The molecule has 3 rings (SSSR count). The van der Waals surface area contributed by atoms with Crippen molar-refractivity contribution in [1.82, 2.24) is 10.2 Å². The molecule has 0 saturated heterocycles. The number of nitro benzene ring substituents is 1. The number of carbonyl (C=O) groups excluding carboxylic acids is 2. The van der Waals surface area contributed by atoms with Gasteiger partial charge in [-0.2, -0.15) is 0 Å². The van der Waals surface area contributed by atoms with Gasteiger partial charge in [0, 0.05) is 25.7 Å². The first-order valence-electron chi connectivity index (χ1n) is 11.5. The number of benzene rings is 3. The van der Waals surface area contributed by atoms with Gasteiger partial charge < -0.3 is 15.0 Å². The first-order valence-corrected chi connectivity index (χ1v) is 13.0. The molecule has 0 fully saturated rings. The molecule has 11 nitrogen and oxygen atoms in total. The van der Waals surface area contributed by atoms with Gasteiger partial charge in [-0.1, -0.05) is 36.4 Å². The van der Waals surface area contributed by atoms with Gasteiger partial charge in [-0.05, 0) is 42.8 Å². The van der Waals surface area contributed by atoms with Gasteiger partial charge >= 0.3 is 0 Å². The Labute approximate surface area is 220 Å². The largest absolute Gasteiger partial charge is 0.497 e. The van der Waals surface area contributed by atoms with Crippen LogP contribution in [0, 0.1) is 10.1 Å². The highest BCUT2D eigenvalue weighted by atomic mass is 32.2. The lowest BCUT2D eigenvalue weighted by Crippen LogP contribution is -2.50. The molecule has 0 aromatic heterocycles. The van der Waals surface area contributed by atoms with Crippen LogP contribution in [0.15, 0.2) is 83.8 Å². The summed E-state index contributed by atoms with van der Waals surface area (Å²) < 4.78 is 33.4. The highest BCUT2D eigenvalue weighted by molar-refractivity contribution is 7.92. The molecule has 0 aliphatic rings. The van der Waals surface area contributed by atoms with Gasteiger partial charge in [0.05, 0.1) is 22.6 Å². The molecule has 1 N–H and O–H groups in total. The van der Waals surface area contributed by atoms with E-state index in [0.717, 1.165) is 10.4 Å². The zero-order chi connectivity index (χ0) is 27.9. The molecule has 0 saturated carbocycles. The zero-order valence-electron chi connectivity index (χ0n) is 21.1.